The van der Waals surface area contributed by atoms with E-state index in [1.54, 1.807) is 0 Å². The largest absolute Gasteiger partial charge is 0.481 e. The maximum absolute atomic E-state index is 10.7. The van der Waals surface area contributed by atoms with Gasteiger partial charge in [0.2, 0.25) is 0 Å². The second-order valence-corrected chi connectivity index (χ2v) is 6.99. The van der Waals surface area contributed by atoms with Crippen molar-refractivity contribution >= 4 is 17.7 Å². The minimum Gasteiger partial charge on any atom is -0.481 e. The molecule has 1 aromatic heterocycles. The Labute approximate surface area is 116 Å². The van der Waals surface area contributed by atoms with Crippen LogP contribution < -0.4 is 0 Å². The standard InChI is InChI=1S/C13H19N3O2S/c1-13(5-2-6-13)8-16-11(9-3-4-9)14-15-12(16)19-7-10(17)18/h9H,2-8H2,1H3,(H,17,18). The summed E-state index contributed by atoms with van der Waals surface area (Å²) >= 11 is 1.29. The lowest BCUT2D eigenvalue weighted by atomic mass is 9.70. The molecule has 0 aliphatic heterocycles. The van der Waals surface area contributed by atoms with E-state index in [4.69, 9.17) is 5.11 Å². The van der Waals surface area contributed by atoms with E-state index < -0.39 is 5.97 Å². The van der Waals surface area contributed by atoms with Crippen molar-refractivity contribution in [2.45, 2.75) is 56.6 Å². The summed E-state index contributed by atoms with van der Waals surface area (Å²) < 4.78 is 2.18. The highest BCUT2D eigenvalue weighted by molar-refractivity contribution is 7.99. The number of nitrogens with zero attached hydrogens (tertiary/aromatic N) is 3. The summed E-state index contributed by atoms with van der Waals surface area (Å²) in [6, 6.07) is 0. The van der Waals surface area contributed by atoms with Gasteiger partial charge in [-0.25, -0.2) is 0 Å². The number of thioether (sulfide) groups is 1. The third-order valence-electron chi connectivity index (χ3n) is 4.11. The first-order valence-corrected chi connectivity index (χ1v) is 7.84. The third-order valence-corrected chi connectivity index (χ3v) is 5.06. The van der Waals surface area contributed by atoms with E-state index in [0.29, 0.717) is 11.3 Å². The van der Waals surface area contributed by atoms with Crippen LogP contribution in [-0.4, -0.2) is 31.6 Å². The van der Waals surface area contributed by atoms with Gasteiger partial charge in [0.05, 0.1) is 5.75 Å². The van der Waals surface area contributed by atoms with Crippen LogP contribution in [0.15, 0.2) is 5.16 Å². The van der Waals surface area contributed by atoms with Crippen LogP contribution in [0.4, 0.5) is 0 Å². The van der Waals surface area contributed by atoms with Crippen LogP contribution in [-0.2, 0) is 11.3 Å². The number of rotatable bonds is 6. The van der Waals surface area contributed by atoms with Crippen molar-refractivity contribution in [2.24, 2.45) is 5.41 Å². The second-order valence-electron chi connectivity index (χ2n) is 6.05. The monoisotopic (exact) mass is 281 g/mol. The summed E-state index contributed by atoms with van der Waals surface area (Å²) in [5.41, 5.74) is 0.352. The lowest BCUT2D eigenvalue weighted by Gasteiger charge is -2.39. The first-order chi connectivity index (χ1) is 9.07. The van der Waals surface area contributed by atoms with Gasteiger partial charge < -0.3 is 9.67 Å². The average Bonchev–Trinajstić information content (AvgIpc) is 3.08. The Morgan fingerprint density at radius 3 is 2.74 bits per heavy atom. The van der Waals surface area contributed by atoms with Gasteiger partial charge in [0.1, 0.15) is 5.82 Å². The molecule has 0 unspecified atom stereocenters. The van der Waals surface area contributed by atoms with Crippen molar-refractivity contribution in [1.82, 2.24) is 14.8 Å². The van der Waals surface area contributed by atoms with Crippen molar-refractivity contribution in [1.29, 1.82) is 0 Å². The van der Waals surface area contributed by atoms with Crippen molar-refractivity contribution < 1.29 is 9.90 Å². The normalized spacial score (nSPS) is 21.1. The van der Waals surface area contributed by atoms with Crippen LogP contribution in [0.2, 0.25) is 0 Å². The van der Waals surface area contributed by atoms with Crippen LogP contribution in [0.3, 0.4) is 0 Å². The molecule has 2 saturated carbocycles. The molecule has 0 amide bonds. The summed E-state index contributed by atoms with van der Waals surface area (Å²) in [5.74, 6) is 0.873. The molecule has 2 fully saturated rings. The predicted octanol–water partition coefficient (Wildman–Crippen LogP) is 2.52. The van der Waals surface area contributed by atoms with Gasteiger partial charge in [-0.3, -0.25) is 4.79 Å². The Bertz CT molecular complexity index is 492. The van der Waals surface area contributed by atoms with Gasteiger partial charge in [0, 0.05) is 12.5 Å². The van der Waals surface area contributed by atoms with Crippen molar-refractivity contribution in [2.75, 3.05) is 5.75 Å². The zero-order valence-corrected chi connectivity index (χ0v) is 11.9. The highest BCUT2D eigenvalue weighted by atomic mass is 32.2. The van der Waals surface area contributed by atoms with Gasteiger partial charge in [0.15, 0.2) is 5.16 Å². The first-order valence-electron chi connectivity index (χ1n) is 6.85. The van der Waals surface area contributed by atoms with Crippen molar-refractivity contribution in [3.8, 4) is 0 Å². The van der Waals surface area contributed by atoms with Gasteiger partial charge in [-0.1, -0.05) is 25.1 Å². The fourth-order valence-electron chi connectivity index (χ4n) is 2.65. The van der Waals surface area contributed by atoms with E-state index in [9.17, 15) is 4.79 Å². The fourth-order valence-corrected chi connectivity index (χ4v) is 3.31. The zero-order chi connectivity index (χ0) is 13.5. The number of carboxylic acids is 1. The number of aromatic nitrogens is 3. The molecule has 3 rings (SSSR count). The molecule has 1 N–H and O–H groups in total. The molecule has 0 spiro atoms. The van der Waals surface area contributed by atoms with Crippen LogP contribution in [0.1, 0.15) is 50.8 Å². The van der Waals surface area contributed by atoms with Crippen molar-refractivity contribution in [3.63, 3.8) is 0 Å². The maximum Gasteiger partial charge on any atom is 0.313 e. The number of carboxylic acid groups (broad SMARTS) is 1. The minimum absolute atomic E-state index is 0.0551. The maximum atomic E-state index is 10.7. The Morgan fingerprint density at radius 2 is 2.21 bits per heavy atom. The van der Waals surface area contributed by atoms with Gasteiger partial charge >= 0.3 is 5.97 Å². The Morgan fingerprint density at radius 1 is 1.47 bits per heavy atom. The molecule has 0 bridgehead atoms. The lowest BCUT2D eigenvalue weighted by Crippen LogP contribution is -2.31. The van der Waals surface area contributed by atoms with E-state index in [1.807, 2.05) is 0 Å². The van der Waals surface area contributed by atoms with E-state index in [0.717, 1.165) is 17.5 Å². The van der Waals surface area contributed by atoms with Crippen LogP contribution in [0.5, 0.6) is 0 Å². The highest BCUT2D eigenvalue weighted by Crippen LogP contribution is 2.45. The molecule has 2 aliphatic carbocycles. The minimum atomic E-state index is -0.803. The predicted molar refractivity (Wildman–Crippen MR) is 72.3 cm³/mol. The van der Waals surface area contributed by atoms with Gasteiger partial charge in [-0.2, -0.15) is 0 Å². The molecule has 19 heavy (non-hydrogen) atoms. The second kappa shape index (κ2) is 4.81. The zero-order valence-electron chi connectivity index (χ0n) is 11.1. The summed E-state index contributed by atoms with van der Waals surface area (Å²) in [4.78, 5) is 10.7. The number of aliphatic carboxylic acids is 1. The summed E-state index contributed by atoms with van der Waals surface area (Å²) in [6.45, 7) is 3.24. The molecule has 0 radical (unpaired) electrons. The molecule has 0 saturated heterocycles. The highest BCUT2D eigenvalue weighted by Gasteiger charge is 2.36. The SMILES string of the molecule is CC1(Cn2c(SCC(=O)O)nnc2C2CC2)CCC1. The molecule has 1 aromatic rings. The number of hydrogen-bond donors (Lipinski definition) is 1. The van der Waals surface area contributed by atoms with E-state index in [1.165, 1.54) is 43.9 Å². The van der Waals surface area contributed by atoms with Crippen LogP contribution >= 0.6 is 11.8 Å². The van der Waals surface area contributed by atoms with Gasteiger partial charge in [-0.05, 0) is 31.1 Å². The molecular weight excluding hydrogens is 262 g/mol. The van der Waals surface area contributed by atoms with Gasteiger partial charge in [0.25, 0.3) is 0 Å². The summed E-state index contributed by atoms with van der Waals surface area (Å²) in [5, 5.41) is 18.1. The lowest BCUT2D eigenvalue weighted by molar-refractivity contribution is -0.133. The van der Waals surface area contributed by atoms with Gasteiger partial charge in [-0.15, -0.1) is 10.2 Å². The molecule has 6 heteroatoms. The molecule has 5 nitrogen and oxygen atoms in total. The third kappa shape index (κ3) is 2.78. The average molecular weight is 281 g/mol. The first kappa shape index (κ1) is 13.0. The molecule has 0 aromatic carbocycles. The Balaban J connectivity index is 1.80. The van der Waals surface area contributed by atoms with E-state index in [2.05, 4.69) is 21.7 Å². The fraction of sp³-hybridized carbons (Fsp3) is 0.769. The Kier molecular flexibility index (Phi) is 3.28. The molecule has 2 aliphatic rings. The van der Waals surface area contributed by atoms with E-state index >= 15 is 0 Å². The smallest absolute Gasteiger partial charge is 0.313 e. The quantitative estimate of drug-likeness (QED) is 0.811. The summed E-state index contributed by atoms with van der Waals surface area (Å²) in [6.07, 6.45) is 6.18. The summed E-state index contributed by atoms with van der Waals surface area (Å²) in [7, 11) is 0. The van der Waals surface area contributed by atoms with Crippen LogP contribution in [0, 0.1) is 5.41 Å². The number of carbonyl (C=O) groups is 1. The Hall–Kier alpha value is -1.04. The molecule has 0 atom stereocenters. The molecule has 1 heterocycles. The van der Waals surface area contributed by atoms with E-state index in [-0.39, 0.29) is 5.75 Å². The van der Waals surface area contributed by atoms with Crippen molar-refractivity contribution in [3.05, 3.63) is 5.82 Å². The molecule has 104 valence electrons. The molecular formula is C13H19N3O2S. The number of hydrogen-bond acceptors (Lipinski definition) is 4. The topological polar surface area (TPSA) is 68.0 Å². The van der Waals surface area contributed by atoms with Crippen LogP contribution in [0.25, 0.3) is 0 Å².